The Morgan fingerprint density at radius 1 is 1.14 bits per heavy atom. The fourth-order valence-corrected chi connectivity index (χ4v) is 5.50. The van der Waals surface area contributed by atoms with E-state index >= 15 is 0 Å². The summed E-state index contributed by atoms with van der Waals surface area (Å²) >= 11 is 1.49. The van der Waals surface area contributed by atoms with Crippen LogP contribution in [0.25, 0.3) is 11.1 Å². The lowest BCUT2D eigenvalue weighted by molar-refractivity contribution is 0.272. The molecule has 2 aromatic heterocycles. The van der Waals surface area contributed by atoms with Crippen molar-refractivity contribution in [2.45, 2.75) is 19.3 Å². The molecule has 1 fully saturated rings. The minimum absolute atomic E-state index is 0.242. The zero-order valence-corrected chi connectivity index (χ0v) is 17.4. The van der Waals surface area contributed by atoms with Gasteiger partial charge in [-0.25, -0.2) is 22.9 Å². The molecule has 3 heterocycles. The first-order chi connectivity index (χ1) is 14.0. The third-order valence-electron chi connectivity index (χ3n) is 5.11. The highest BCUT2D eigenvalue weighted by Gasteiger charge is 2.27. The fourth-order valence-electron chi connectivity index (χ4n) is 3.53. The Morgan fingerprint density at radius 3 is 2.59 bits per heavy atom. The van der Waals surface area contributed by atoms with E-state index in [-0.39, 0.29) is 11.6 Å². The number of nitrogens with zero attached hydrogens (tertiary/aromatic N) is 3. The number of hydrogen-bond donors (Lipinski definition) is 1. The van der Waals surface area contributed by atoms with Crippen LogP contribution in [0.4, 0.5) is 0 Å². The van der Waals surface area contributed by atoms with Gasteiger partial charge < -0.3 is 0 Å². The van der Waals surface area contributed by atoms with E-state index in [1.807, 2.05) is 47.8 Å². The van der Waals surface area contributed by atoms with Gasteiger partial charge in [-0.2, -0.15) is 9.40 Å². The van der Waals surface area contributed by atoms with Crippen molar-refractivity contribution in [3.05, 3.63) is 75.1 Å². The molecular weight excluding hydrogens is 408 g/mol. The van der Waals surface area contributed by atoms with Crippen molar-refractivity contribution >= 4 is 27.4 Å². The molecule has 0 saturated carbocycles. The van der Waals surface area contributed by atoms with E-state index in [9.17, 15) is 13.2 Å². The molecule has 0 unspecified atom stereocenters. The molecule has 0 radical (unpaired) electrons. The molecule has 1 N–H and O–H groups in total. The van der Waals surface area contributed by atoms with Crippen LogP contribution in [-0.2, 0) is 16.4 Å². The Labute approximate surface area is 173 Å². The van der Waals surface area contributed by atoms with Crippen molar-refractivity contribution in [3.8, 4) is 5.00 Å². The van der Waals surface area contributed by atoms with Crippen molar-refractivity contribution < 1.29 is 8.42 Å². The largest absolute Gasteiger partial charge is 0.348 e. The summed E-state index contributed by atoms with van der Waals surface area (Å²) in [5, 5.41) is 10.8. The van der Waals surface area contributed by atoms with E-state index in [0.29, 0.717) is 25.3 Å². The monoisotopic (exact) mass is 430 g/mol. The van der Waals surface area contributed by atoms with E-state index in [1.54, 1.807) is 10.6 Å². The van der Waals surface area contributed by atoms with Crippen molar-refractivity contribution in [1.82, 2.24) is 19.1 Å². The number of rotatable bonds is 6. The zero-order valence-electron chi connectivity index (χ0n) is 15.8. The number of sulfonamides is 1. The number of piperidine rings is 1. The Hall–Kier alpha value is -2.49. The van der Waals surface area contributed by atoms with Crippen LogP contribution in [0.15, 0.2) is 58.0 Å². The van der Waals surface area contributed by atoms with E-state index in [1.165, 1.54) is 21.1 Å². The number of H-pyrrole nitrogens is 1. The first-order valence-corrected chi connectivity index (χ1v) is 11.8. The second-order valence-electron chi connectivity index (χ2n) is 7.04. The van der Waals surface area contributed by atoms with E-state index in [4.69, 9.17) is 0 Å². The number of nitrogens with one attached hydrogen (secondary N) is 1. The van der Waals surface area contributed by atoms with Gasteiger partial charge in [-0.3, -0.25) is 0 Å². The van der Waals surface area contributed by atoms with Crippen LogP contribution in [0, 0.1) is 5.92 Å². The smallest absolute Gasteiger partial charge is 0.246 e. The highest BCUT2D eigenvalue weighted by Crippen LogP contribution is 2.24. The topological polar surface area (TPSA) is 88.1 Å². The summed E-state index contributed by atoms with van der Waals surface area (Å²) in [6.07, 6.45) is 3.75. The van der Waals surface area contributed by atoms with Crippen LogP contribution in [0.3, 0.4) is 0 Å². The highest BCUT2D eigenvalue weighted by molar-refractivity contribution is 7.92. The molecule has 7 nitrogen and oxygen atoms in total. The van der Waals surface area contributed by atoms with Crippen molar-refractivity contribution in [2.75, 3.05) is 13.1 Å². The highest BCUT2D eigenvalue weighted by atomic mass is 32.2. The lowest BCUT2D eigenvalue weighted by Gasteiger charge is -2.30. The van der Waals surface area contributed by atoms with Crippen LogP contribution >= 0.6 is 11.3 Å². The molecule has 1 saturated heterocycles. The standard InChI is InChI=1S/C20H22N4O3S2/c25-20-22-21-18(24(20)19-7-4-13-28-19)15-17-8-11-23(12-9-17)29(26,27)14-10-16-5-2-1-3-6-16/h1-7,10,13-14,17H,8-9,11-12,15H2,(H,22,25). The average Bonchev–Trinajstić information content (AvgIpc) is 3.37. The lowest BCUT2D eigenvalue weighted by Crippen LogP contribution is -2.38. The van der Waals surface area contributed by atoms with Crippen LogP contribution in [0.1, 0.15) is 24.2 Å². The molecular formula is C20H22N4O3S2. The molecule has 152 valence electrons. The molecule has 0 bridgehead atoms. The van der Waals surface area contributed by atoms with Gasteiger partial charge >= 0.3 is 5.69 Å². The van der Waals surface area contributed by atoms with Gasteiger partial charge in [0.1, 0.15) is 10.8 Å². The van der Waals surface area contributed by atoms with Gasteiger partial charge in [0.15, 0.2) is 0 Å². The van der Waals surface area contributed by atoms with Gasteiger partial charge in [0, 0.05) is 24.9 Å². The Balaban J connectivity index is 1.39. The average molecular weight is 431 g/mol. The predicted octanol–water partition coefficient (Wildman–Crippen LogP) is 2.88. The SMILES string of the molecule is O=c1[nH]nc(CC2CCN(S(=O)(=O)C=Cc3ccccc3)CC2)n1-c1cccs1. The summed E-state index contributed by atoms with van der Waals surface area (Å²) in [4.78, 5) is 12.1. The van der Waals surface area contributed by atoms with E-state index in [0.717, 1.165) is 23.4 Å². The third kappa shape index (κ3) is 4.58. The summed E-state index contributed by atoms with van der Waals surface area (Å²) in [6, 6.07) is 13.2. The molecule has 29 heavy (non-hydrogen) atoms. The van der Waals surface area contributed by atoms with Crippen LogP contribution < -0.4 is 5.69 Å². The predicted molar refractivity (Wildman–Crippen MR) is 114 cm³/mol. The second kappa shape index (κ2) is 8.48. The molecule has 0 aliphatic carbocycles. The number of aromatic nitrogens is 3. The minimum Gasteiger partial charge on any atom is -0.246 e. The molecule has 1 aliphatic heterocycles. The third-order valence-corrected chi connectivity index (χ3v) is 7.52. The maximum absolute atomic E-state index is 12.6. The quantitative estimate of drug-likeness (QED) is 0.651. The number of benzene rings is 1. The molecule has 4 rings (SSSR count). The van der Waals surface area contributed by atoms with Crippen LogP contribution in [0.2, 0.25) is 0 Å². The van der Waals surface area contributed by atoms with Crippen LogP contribution in [0.5, 0.6) is 0 Å². The van der Waals surface area contributed by atoms with Gasteiger partial charge in [0.05, 0.1) is 0 Å². The normalized spacial score (nSPS) is 16.6. The number of aromatic amines is 1. The Bertz CT molecular complexity index is 1120. The summed E-state index contributed by atoms with van der Waals surface area (Å²) in [5.74, 6) is 0.983. The van der Waals surface area contributed by atoms with Crippen molar-refractivity contribution in [3.63, 3.8) is 0 Å². The number of hydrogen-bond acceptors (Lipinski definition) is 5. The first-order valence-electron chi connectivity index (χ1n) is 9.46. The lowest BCUT2D eigenvalue weighted by atomic mass is 9.94. The molecule has 0 spiro atoms. The van der Waals surface area contributed by atoms with Gasteiger partial charge in [0.25, 0.3) is 0 Å². The van der Waals surface area contributed by atoms with Crippen molar-refractivity contribution in [2.24, 2.45) is 5.92 Å². The summed E-state index contributed by atoms with van der Waals surface area (Å²) in [7, 11) is -3.44. The van der Waals surface area contributed by atoms with E-state index < -0.39 is 10.0 Å². The first kappa shape index (κ1) is 19.8. The zero-order chi connectivity index (χ0) is 20.3. The Kier molecular flexibility index (Phi) is 5.79. The maximum atomic E-state index is 12.6. The molecule has 0 amide bonds. The maximum Gasteiger partial charge on any atom is 0.348 e. The van der Waals surface area contributed by atoms with E-state index in [2.05, 4.69) is 10.2 Å². The molecule has 1 aromatic carbocycles. The van der Waals surface area contributed by atoms with Gasteiger partial charge in [-0.15, -0.1) is 11.3 Å². The van der Waals surface area contributed by atoms with Gasteiger partial charge in [0.2, 0.25) is 10.0 Å². The second-order valence-corrected chi connectivity index (χ2v) is 9.78. The molecule has 3 aromatic rings. The summed E-state index contributed by atoms with van der Waals surface area (Å²) < 4.78 is 28.4. The molecule has 9 heteroatoms. The number of thiophene rings is 1. The molecule has 1 aliphatic rings. The summed E-state index contributed by atoms with van der Waals surface area (Å²) in [6.45, 7) is 0.944. The summed E-state index contributed by atoms with van der Waals surface area (Å²) in [5.41, 5.74) is 0.615. The molecule has 0 atom stereocenters. The van der Waals surface area contributed by atoms with Gasteiger partial charge in [-0.1, -0.05) is 30.3 Å². The van der Waals surface area contributed by atoms with Crippen molar-refractivity contribution in [1.29, 1.82) is 0 Å². The van der Waals surface area contributed by atoms with Crippen LogP contribution in [-0.4, -0.2) is 40.6 Å². The minimum atomic E-state index is -3.44. The Morgan fingerprint density at radius 2 is 1.90 bits per heavy atom. The van der Waals surface area contributed by atoms with Gasteiger partial charge in [-0.05, 0) is 47.9 Å². The fraction of sp³-hybridized carbons (Fsp3) is 0.300.